The Morgan fingerprint density at radius 1 is 1.67 bits per heavy atom. The maximum absolute atomic E-state index is 11.6. The molecular weight excluding hydrogens is 232 g/mol. The normalized spacial score (nSPS) is 9.93. The van der Waals surface area contributed by atoms with E-state index >= 15 is 0 Å². The summed E-state index contributed by atoms with van der Waals surface area (Å²) in [5.41, 5.74) is 6.04. The molecule has 0 bridgehead atoms. The van der Waals surface area contributed by atoms with Crippen LogP contribution in [0.4, 0.5) is 0 Å². The minimum atomic E-state index is -0.155. The molecule has 5 nitrogen and oxygen atoms in total. The highest BCUT2D eigenvalue weighted by Crippen LogP contribution is 2.10. The molecular formula is C8H12N4OS2. The average molecular weight is 244 g/mol. The summed E-state index contributed by atoms with van der Waals surface area (Å²) in [5.74, 6) is -0.155. The highest BCUT2D eigenvalue weighted by molar-refractivity contribution is 7.80. The molecule has 1 heterocycles. The van der Waals surface area contributed by atoms with Gasteiger partial charge in [-0.05, 0) is 18.0 Å². The van der Waals surface area contributed by atoms with Crippen LogP contribution in [0.2, 0.25) is 0 Å². The van der Waals surface area contributed by atoms with Crippen LogP contribution in [0.3, 0.4) is 0 Å². The topological polar surface area (TPSA) is 80.9 Å². The van der Waals surface area contributed by atoms with Gasteiger partial charge in [-0.15, -0.1) is 5.10 Å². The van der Waals surface area contributed by atoms with Crippen LogP contribution in [0.1, 0.15) is 28.7 Å². The molecule has 0 radical (unpaired) electrons. The molecule has 0 fully saturated rings. The van der Waals surface area contributed by atoms with E-state index in [-0.39, 0.29) is 5.91 Å². The molecule has 0 aromatic carbocycles. The predicted octanol–water partition coefficient (Wildman–Crippen LogP) is 0.507. The van der Waals surface area contributed by atoms with Crippen LogP contribution in [-0.2, 0) is 6.42 Å². The number of nitrogens with one attached hydrogen (secondary N) is 1. The fourth-order valence-electron chi connectivity index (χ4n) is 0.992. The van der Waals surface area contributed by atoms with Gasteiger partial charge >= 0.3 is 0 Å². The first-order valence-electron chi connectivity index (χ1n) is 4.52. The first-order valence-corrected chi connectivity index (χ1v) is 5.71. The van der Waals surface area contributed by atoms with Gasteiger partial charge < -0.3 is 11.1 Å². The minimum Gasteiger partial charge on any atom is -0.393 e. The van der Waals surface area contributed by atoms with E-state index in [1.54, 1.807) is 0 Å². The summed E-state index contributed by atoms with van der Waals surface area (Å²) in [4.78, 5) is 12.6. The molecule has 1 amide bonds. The van der Waals surface area contributed by atoms with E-state index in [9.17, 15) is 4.79 Å². The lowest BCUT2D eigenvalue weighted by Crippen LogP contribution is -2.27. The maximum atomic E-state index is 11.6. The van der Waals surface area contributed by atoms with E-state index in [2.05, 4.69) is 14.9 Å². The highest BCUT2D eigenvalue weighted by Gasteiger charge is 2.13. The van der Waals surface area contributed by atoms with E-state index < -0.39 is 0 Å². The van der Waals surface area contributed by atoms with Crippen LogP contribution in [0, 0.1) is 0 Å². The Labute approximate surface area is 97.2 Å². The lowest BCUT2D eigenvalue weighted by Gasteiger charge is -2.02. The first kappa shape index (κ1) is 12.0. The molecule has 0 aliphatic carbocycles. The molecule has 1 aromatic heterocycles. The summed E-state index contributed by atoms with van der Waals surface area (Å²) in [6.45, 7) is 2.39. The van der Waals surface area contributed by atoms with Crippen LogP contribution in [-0.4, -0.2) is 27.0 Å². The molecule has 0 saturated carbocycles. The molecule has 0 aliphatic rings. The van der Waals surface area contributed by atoms with Gasteiger partial charge in [0.15, 0.2) is 0 Å². The number of carbonyl (C=O) groups is 1. The molecule has 1 rings (SSSR count). The Morgan fingerprint density at radius 2 is 2.40 bits per heavy atom. The van der Waals surface area contributed by atoms with Crippen molar-refractivity contribution in [3.05, 3.63) is 10.6 Å². The number of nitrogens with zero attached hydrogens (tertiary/aromatic N) is 2. The van der Waals surface area contributed by atoms with E-state index in [0.29, 0.717) is 29.3 Å². The first-order chi connectivity index (χ1) is 7.15. The van der Waals surface area contributed by atoms with Gasteiger partial charge in [-0.2, -0.15) is 0 Å². The van der Waals surface area contributed by atoms with E-state index in [1.807, 2.05) is 6.92 Å². The largest absolute Gasteiger partial charge is 0.393 e. The Bertz CT molecular complexity index is 363. The molecule has 82 valence electrons. The van der Waals surface area contributed by atoms with Crippen LogP contribution in [0.5, 0.6) is 0 Å². The van der Waals surface area contributed by atoms with Crippen LogP contribution in [0.25, 0.3) is 0 Å². The van der Waals surface area contributed by atoms with Crippen LogP contribution < -0.4 is 11.1 Å². The molecule has 0 spiro atoms. The van der Waals surface area contributed by atoms with Crippen molar-refractivity contribution in [1.82, 2.24) is 14.9 Å². The molecule has 0 saturated heterocycles. The van der Waals surface area contributed by atoms with Gasteiger partial charge in [-0.3, -0.25) is 4.79 Å². The van der Waals surface area contributed by atoms with E-state index in [4.69, 9.17) is 18.0 Å². The summed E-state index contributed by atoms with van der Waals surface area (Å²) >= 11 is 5.80. The van der Waals surface area contributed by atoms with Gasteiger partial charge in [0.05, 0.1) is 10.7 Å². The number of amides is 1. The van der Waals surface area contributed by atoms with Gasteiger partial charge in [0.1, 0.15) is 4.88 Å². The number of carbonyl (C=O) groups excluding carboxylic acids is 1. The lowest BCUT2D eigenvalue weighted by molar-refractivity contribution is 0.0958. The smallest absolute Gasteiger partial charge is 0.264 e. The van der Waals surface area contributed by atoms with Crippen LogP contribution in [0.15, 0.2) is 0 Å². The quantitative estimate of drug-likeness (QED) is 0.737. The van der Waals surface area contributed by atoms with Crippen molar-refractivity contribution in [2.45, 2.75) is 19.8 Å². The third kappa shape index (κ3) is 3.52. The number of thiocarbonyl (C=S) groups is 1. The van der Waals surface area contributed by atoms with Crippen molar-refractivity contribution in [1.29, 1.82) is 0 Å². The predicted molar refractivity (Wildman–Crippen MR) is 63.0 cm³/mol. The number of nitrogens with two attached hydrogens (primary N) is 1. The van der Waals surface area contributed by atoms with E-state index in [0.717, 1.165) is 17.2 Å². The molecule has 15 heavy (non-hydrogen) atoms. The zero-order chi connectivity index (χ0) is 11.3. The summed E-state index contributed by atoms with van der Waals surface area (Å²) in [6.07, 6.45) is 1.21. The number of hydrogen-bond donors (Lipinski definition) is 2. The summed E-state index contributed by atoms with van der Waals surface area (Å²) in [5, 5.41) is 6.57. The van der Waals surface area contributed by atoms with E-state index in [1.165, 1.54) is 0 Å². The average Bonchev–Trinajstić information content (AvgIpc) is 2.64. The van der Waals surface area contributed by atoms with Gasteiger partial charge in [-0.1, -0.05) is 23.6 Å². The highest BCUT2D eigenvalue weighted by atomic mass is 32.1. The van der Waals surface area contributed by atoms with Crippen molar-refractivity contribution in [2.24, 2.45) is 5.73 Å². The fourth-order valence-corrected chi connectivity index (χ4v) is 1.76. The number of rotatable bonds is 5. The molecule has 3 N–H and O–H groups in total. The number of hydrogen-bond acceptors (Lipinski definition) is 5. The third-order valence-electron chi connectivity index (χ3n) is 1.75. The van der Waals surface area contributed by atoms with Crippen molar-refractivity contribution < 1.29 is 4.79 Å². The maximum Gasteiger partial charge on any atom is 0.264 e. The zero-order valence-electron chi connectivity index (χ0n) is 8.32. The molecule has 7 heteroatoms. The third-order valence-corrected chi connectivity index (χ3v) is 2.72. The number of aryl methyl sites for hydroxylation is 1. The number of aromatic nitrogens is 2. The monoisotopic (exact) mass is 244 g/mol. The van der Waals surface area contributed by atoms with Gasteiger partial charge in [0.25, 0.3) is 5.91 Å². The fraction of sp³-hybridized carbons (Fsp3) is 0.500. The zero-order valence-corrected chi connectivity index (χ0v) is 9.95. The van der Waals surface area contributed by atoms with Gasteiger partial charge in [-0.25, -0.2) is 0 Å². The van der Waals surface area contributed by atoms with Crippen molar-refractivity contribution in [2.75, 3.05) is 6.54 Å². The van der Waals surface area contributed by atoms with Crippen molar-refractivity contribution >= 4 is 34.6 Å². The Balaban J connectivity index is 2.50. The SMILES string of the molecule is CCc1nnsc1C(=O)NCCC(N)=S. The second-order valence-corrected chi connectivity index (χ2v) is 4.15. The standard InChI is InChI=1S/C8H12N4OS2/c1-2-5-7(15-12-11-5)8(13)10-4-3-6(9)14/h2-4H2,1H3,(H2,9,14)(H,10,13). The Hall–Kier alpha value is -1.08. The summed E-state index contributed by atoms with van der Waals surface area (Å²) < 4.78 is 3.74. The molecule has 1 aromatic rings. The Morgan fingerprint density at radius 3 is 3.00 bits per heavy atom. The van der Waals surface area contributed by atoms with Gasteiger partial charge in [0, 0.05) is 13.0 Å². The second kappa shape index (κ2) is 5.72. The van der Waals surface area contributed by atoms with Crippen molar-refractivity contribution in [3.8, 4) is 0 Å². The molecule has 0 aliphatic heterocycles. The second-order valence-electron chi connectivity index (χ2n) is 2.87. The summed E-state index contributed by atoms with van der Waals surface area (Å²) in [7, 11) is 0. The molecule has 0 unspecified atom stereocenters. The Kier molecular flexibility index (Phi) is 4.57. The molecule has 0 atom stereocenters. The summed E-state index contributed by atoms with van der Waals surface area (Å²) in [6, 6.07) is 0. The van der Waals surface area contributed by atoms with Crippen molar-refractivity contribution in [3.63, 3.8) is 0 Å². The van der Waals surface area contributed by atoms with Gasteiger partial charge in [0.2, 0.25) is 0 Å². The minimum absolute atomic E-state index is 0.155. The lowest BCUT2D eigenvalue weighted by atomic mass is 10.3. The van der Waals surface area contributed by atoms with Crippen LogP contribution >= 0.6 is 23.8 Å².